The van der Waals surface area contributed by atoms with Crippen molar-refractivity contribution in [1.82, 2.24) is 5.32 Å². The highest BCUT2D eigenvalue weighted by molar-refractivity contribution is 5.88. The van der Waals surface area contributed by atoms with E-state index in [0.717, 1.165) is 31.3 Å². The number of rotatable bonds is 12. The highest BCUT2D eigenvalue weighted by atomic mass is 14.8. The molecule has 3 aliphatic carbocycles. The summed E-state index contributed by atoms with van der Waals surface area (Å²) in [5.74, 6) is 0.525. The Labute approximate surface area is 419 Å². The molecule has 3 aliphatic rings. The molecular formula is C68H81N. The third-order valence-corrected chi connectivity index (χ3v) is 13.0. The summed E-state index contributed by atoms with van der Waals surface area (Å²) >= 11 is 0. The molecule has 0 saturated carbocycles. The first-order valence-corrected chi connectivity index (χ1v) is 25.5. The van der Waals surface area contributed by atoms with Crippen LogP contribution < -0.4 is 5.32 Å². The maximum absolute atomic E-state index is 4.58. The van der Waals surface area contributed by atoms with E-state index in [0.29, 0.717) is 5.92 Å². The van der Waals surface area contributed by atoms with E-state index >= 15 is 0 Å². The first-order chi connectivity index (χ1) is 33.6. The van der Waals surface area contributed by atoms with Crippen LogP contribution in [-0.2, 0) is 10.8 Å². The molecule has 0 radical (unpaired) electrons. The van der Waals surface area contributed by atoms with Crippen LogP contribution in [0.3, 0.4) is 0 Å². The lowest BCUT2D eigenvalue weighted by atomic mass is 9.63. The number of nitrogens with one attached hydrogen (secondary N) is 1. The van der Waals surface area contributed by atoms with Crippen LogP contribution in [-0.4, -0.2) is 7.05 Å². The van der Waals surface area contributed by atoms with Gasteiger partial charge in [-0.2, -0.15) is 0 Å². The van der Waals surface area contributed by atoms with E-state index < -0.39 is 0 Å². The maximum atomic E-state index is 4.58. The van der Waals surface area contributed by atoms with E-state index in [4.69, 9.17) is 0 Å². The van der Waals surface area contributed by atoms with Crippen molar-refractivity contribution >= 4 is 17.7 Å². The van der Waals surface area contributed by atoms with Crippen molar-refractivity contribution in [2.24, 2.45) is 5.92 Å². The van der Waals surface area contributed by atoms with Gasteiger partial charge in [-0.3, -0.25) is 0 Å². The number of allylic oxidation sites excluding steroid dienone is 15. The first-order valence-electron chi connectivity index (χ1n) is 25.5. The third-order valence-electron chi connectivity index (χ3n) is 13.0. The molecule has 1 nitrogen and oxygen atoms in total. The summed E-state index contributed by atoms with van der Waals surface area (Å²) in [7, 11) is 1.93. The molecule has 1 N–H and O–H groups in total. The van der Waals surface area contributed by atoms with Crippen LogP contribution in [0.25, 0.3) is 40.0 Å². The fourth-order valence-corrected chi connectivity index (χ4v) is 9.20. The van der Waals surface area contributed by atoms with Crippen molar-refractivity contribution in [1.29, 1.82) is 0 Å². The third kappa shape index (κ3) is 13.7. The zero-order valence-electron chi connectivity index (χ0n) is 43.9. The smallest absolute Gasteiger partial charge is 0.0460 e. The molecule has 69 heavy (non-hydrogen) atoms. The number of fused-ring (bicyclic) bond motifs is 2. The molecule has 0 heterocycles. The molecule has 2 unspecified atom stereocenters. The Morgan fingerprint density at radius 3 is 1.91 bits per heavy atom. The minimum Gasteiger partial charge on any atom is -0.388 e. The van der Waals surface area contributed by atoms with Crippen molar-refractivity contribution in [3.63, 3.8) is 0 Å². The van der Waals surface area contributed by atoms with Gasteiger partial charge in [0.15, 0.2) is 0 Å². The van der Waals surface area contributed by atoms with Gasteiger partial charge in [-0.05, 0) is 123 Å². The second-order valence-electron chi connectivity index (χ2n) is 17.6. The summed E-state index contributed by atoms with van der Waals surface area (Å²) in [6.45, 7) is 29.6. The Kier molecular flexibility index (Phi) is 22.2. The van der Waals surface area contributed by atoms with Crippen LogP contribution in [0.5, 0.6) is 0 Å². The predicted octanol–water partition coefficient (Wildman–Crippen LogP) is 19.5. The zero-order valence-corrected chi connectivity index (χ0v) is 43.9. The summed E-state index contributed by atoms with van der Waals surface area (Å²) in [4.78, 5) is 0. The minimum atomic E-state index is -0.237. The normalized spacial score (nSPS) is 16.6. The van der Waals surface area contributed by atoms with Gasteiger partial charge in [-0.15, -0.1) is 0 Å². The molecule has 0 amide bonds. The monoisotopic (exact) mass is 912 g/mol. The summed E-state index contributed by atoms with van der Waals surface area (Å²) in [6, 6.07) is 44.8. The molecule has 358 valence electrons. The lowest BCUT2D eigenvalue weighted by molar-refractivity contribution is 0.559. The fraction of sp³-hybridized carbons (Fsp3) is 0.265. The molecule has 0 aliphatic heterocycles. The number of benzene rings is 5. The summed E-state index contributed by atoms with van der Waals surface area (Å²) in [6.07, 6.45) is 33.9. The Hall–Kier alpha value is -6.70. The molecule has 0 bridgehead atoms. The lowest BCUT2D eigenvalue weighted by Gasteiger charge is -2.39. The van der Waals surface area contributed by atoms with E-state index in [1.165, 1.54) is 72.5 Å². The molecule has 0 spiro atoms. The topological polar surface area (TPSA) is 12.0 Å². The minimum absolute atomic E-state index is 0.218. The summed E-state index contributed by atoms with van der Waals surface area (Å²) in [5.41, 5.74) is 17.9. The van der Waals surface area contributed by atoms with Gasteiger partial charge in [0, 0.05) is 23.6 Å². The van der Waals surface area contributed by atoms with Gasteiger partial charge in [-0.25, -0.2) is 0 Å². The average Bonchev–Trinajstić information content (AvgIpc) is 3.50. The Morgan fingerprint density at radius 1 is 0.739 bits per heavy atom. The van der Waals surface area contributed by atoms with Crippen LogP contribution in [0.2, 0.25) is 0 Å². The highest BCUT2D eigenvalue weighted by Crippen LogP contribution is 2.58. The van der Waals surface area contributed by atoms with Gasteiger partial charge >= 0.3 is 0 Å². The molecule has 0 aromatic heterocycles. The Bertz CT molecular complexity index is 2650. The van der Waals surface area contributed by atoms with E-state index in [9.17, 15) is 0 Å². The van der Waals surface area contributed by atoms with Gasteiger partial charge in [0.2, 0.25) is 0 Å². The Morgan fingerprint density at radius 2 is 1.33 bits per heavy atom. The van der Waals surface area contributed by atoms with Crippen molar-refractivity contribution in [2.75, 3.05) is 7.05 Å². The van der Waals surface area contributed by atoms with Crippen LogP contribution in [0.4, 0.5) is 0 Å². The van der Waals surface area contributed by atoms with Crippen LogP contribution in [0, 0.1) is 5.92 Å². The summed E-state index contributed by atoms with van der Waals surface area (Å²) < 4.78 is 0. The van der Waals surface area contributed by atoms with Crippen molar-refractivity contribution < 1.29 is 0 Å². The van der Waals surface area contributed by atoms with Crippen molar-refractivity contribution in [3.05, 3.63) is 258 Å². The van der Waals surface area contributed by atoms with Gasteiger partial charge in [0.1, 0.15) is 0 Å². The number of likely N-dealkylation sites (N-methyl/N-ethyl adjacent to an activating group) is 1. The largest absolute Gasteiger partial charge is 0.388 e. The Balaban J connectivity index is 0.000000491. The van der Waals surface area contributed by atoms with Crippen molar-refractivity contribution in [3.8, 4) is 22.3 Å². The molecule has 5 aromatic rings. The summed E-state index contributed by atoms with van der Waals surface area (Å²) in [5, 5.41) is 3.08. The van der Waals surface area contributed by atoms with Crippen LogP contribution in [0.15, 0.2) is 224 Å². The number of hydrogen-bond acceptors (Lipinski definition) is 1. The lowest BCUT2D eigenvalue weighted by Crippen LogP contribution is -2.32. The molecule has 0 saturated heterocycles. The van der Waals surface area contributed by atoms with Gasteiger partial charge < -0.3 is 5.32 Å². The molecule has 5 aromatic carbocycles. The molecule has 8 rings (SSSR count). The zero-order chi connectivity index (χ0) is 50.2. The van der Waals surface area contributed by atoms with Crippen LogP contribution >= 0.6 is 0 Å². The number of hydrogen-bond donors (Lipinski definition) is 1. The van der Waals surface area contributed by atoms with Crippen LogP contribution in [0.1, 0.15) is 128 Å². The SMILES string of the molecule is C=C(/C=C\CC)C(C)(C)c1ccccc1C1(CC)C2=C(CC(C)C=C2)c2ccc(-c3ccc(/C=C/c4ccc(-c5ccccc5)cc4)cc3)cc21.C=C/C=C\C.CC.CC.CNC1=CCC=CC=C1. The van der Waals surface area contributed by atoms with E-state index in [2.05, 4.69) is 235 Å². The van der Waals surface area contributed by atoms with Gasteiger partial charge in [0.05, 0.1) is 0 Å². The molecule has 1 heteroatoms. The second kappa shape index (κ2) is 28.0. The standard InChI is InChI=1S/C51H50.C8H11N.C5H8.2C2H6/c1-7-9-15-37(4)50(5,6)47-18-13-14-19-48(47)51(8-2)46-33-20-36(3)34-45(46)44-32-31-43(35-49(44)51)42-29-25-39(26-30-42)22-21-38-23-27-41(28-24-38)40-16-11-10-12-17-40;1-9-8-6-4-2-3-5-7-8;1-3-5-4-2;2*1-2/h9-33,35-36H,4,7-8,34H2,1-3,5-6H3;2-4,6-7,9H,5H2,1H3;3-5H,1H2,2H3;2*1-2H3/b15-9-,22-21+;;5-4-;;. The van der Waals surface area contributed by atoms with Crippen molar-refractivity contribution in [2.45, 2.75) is 106 Å². The molecule has 2 atom stereocenters. The fourth-order valence-electron chi connectivity index (χ4n) is 9.20. The quantitative estimate of drug-likeness (QED) is 0.0971. The second-order valence-corrected chi connectivity index (χ2v) is 17.6. The van der Waals surface area contributed by atoms with Gasteiger partial charge in [0.25, 0.3) is 0 Å². The van der Waals surface area contributed by atoms with E-state index in [1.54, 1.807) is 6.08 Å². The highest BCUT2D eigenvalue weighted by Gasteiger charge is 2.47. The first kappa shape index (κ1) is 54.9. The van der Waals surface area contributed by atoms with E-state index in [-0.39, 0.29) is 10.8 Å². The predicted molar refractivity (Wildman–Crippen MR) is 309 cm³/mol. The molecule has 0 fully saturated rings. The molecular weight excluding hydrogens is 831 g/mol. The van der Waals surface area contributed by atoms with E-state index in [1.807, 2.05) is 59.9 Å². The average molecular weight is 912 g/mol. The van der Waals surface area contributed by atoms with Gasteiger partial charge in [-0.1, -0.05) is 270 Å². The maximum Gasteiger partial charge on any atom is 0.0460 e.